The highest BCUT2D eigenvalue weighted by Crippen LogP contribution is 2.21. The van der Waals surface area contributed by atoms with E-state index in [1.807, 2.05) is 49.0 Å². The number of carbonyl (C=O) groups excluding carboxylic acids is 1. The lowest BCUT2D eigenvalue weighted by atomic mass is 10.1. The molecule has 0 aliphatic carbocycles. The van der Waals surface area contributed by atoms with Crippen LogP contribution < -0.4 is 5.32 Å². The largest absolute Gasteiger partial charge is 0.310 e. The Morgan fingerprint density at radius 2 is 2.12 bits per heavy atom. The Kier molecular flexibility index (Phi) is 5.27. The normalized spacial score (nSPS) is 10.7. The molecule has 1 amide bonds. The summed E-state index contributed by atoms with van der Waals surface area (Å²) in [6, 6.07) is 5.52. The molecule has 0 saturated carbocycles. The third-order valence-electron chi connectivity index (χ3n) is 4.01. The second kappa shape index (κ2) is 7.61. The van der Waals surface area contributed by atoms with Crippen LogP contribution in [0.2, 0.25) is 0 Å². The maximum Gasteiger partial charge on any atom is 0.231 e. The van der Waals surface area contributed by atoms with Gasteiger partial charge in [0.1, 0.15) is 5.82 Å². The fourth-order valence-corrected chi connectivity index (χ4v) is 3.56. The zero-order valence-corrected chi connectivity index (χ0v) is 15.9. The van der Waals surface area contributed by atoms with Gasteiger partial charge in [-0.2, -0.15) is 5.10 Å². The molecule has 3 rings (SSSR count). The lowest BCUT2D eigenvalue weighted by molar-refractivity contribution is -0.115. The highest BCUT2D eigenvalue weighted by atomic mass is 32.1. The van der Waals surface area contributed by atoms with Crippen LogP contribution in [0.25, 0.3) is 5.13 Å². The molecule has 0 saturated heterocycles. The molecule has 0 bridgehead atoms. The Bertz CT molecular complexity index is 957. The Balaban J connectivity index is 1.73. The van der Waals surface area contributed by atoms with Crippen molar-refractivity contribution in [3.05, 3.63) is 64.6 Å². The van der Waals surface area contributed by atoms with Crippen molar-refractivity contribution in [2.24, 2.45) is 0 Å². The number of allylic oxidation sites excluding steroid dienone is 1. The van der Waals surface area contributed by atoms with Crippen LogP contribution in [0, 0.1) is 20.8 Å². The number of aromatic nitrogens is 4. The summed E-state index contributed by atoms with van der Waals surface area (Å²) >= 11 is 1.48. The minimum atomic E-state index is -0.138. The van der Waals surface area contributed by atoms with Gasteiger partial charge in [-0.15, -0.1) is 17.9 Å². The van der Waals surface area contributed by atoms with Gasteiger partial charge in [-0.3, -0.25) is 4.79 Å². The topological polar surface area (TPSA) is 72.7 Å². The van der Waals surface area contributed by atoms with Gasteiger partial charge in [-0.1, -0.05) is 12.1 Å². The quantitative estimate of drug-likeness (QED) is 0.676. The standard InChI is InChI=1S/C19H21N5OS/c1-5-7-16-13(3)23-24(14(16)4)19-21-15(11-26-19)10-18(25)22-17-9-6-8-12(2)20-17/h5-6,8-9,11H,1,7,10H2,2-4H3,(H,20,22,25). The number of hydrogen-bond donors (Lipinski definition) is 1. The molecule has 0 fully saturated rings. The van der Waals surface area contributed by atoms with Crippen molar-refractivity contribution in [1.82, 2.24) is 19.7 Å². The Morgan fingerprint density at radius 1 is 1.31 bits per heavy atom. The molecule has 1 N–H and O–H groups in total. The summed E-state index contributed by atoms with van der Waals surface area (Å²) in [5, 5.41) is 10.0. The lowest BCUT2D eigenvalue weighted by Crippen LogP contribution is -2.15. The first kappa shape index (κ1) is 18.0. The van der Waals surface area contributed by atoms with Gasteiger partial charge in [-0.25, -0.2) is 14.6 Å². The molecule has 6 nitrogen and oxygen atoms in total. The third-order valence-corrected chi connectivity index (χ3v) is 4.87. The molecule has 0 radical (unpaired) electrons. The minimum Gasteiger partial charge on any atom is -0.310 e. The minimum absolute atomic E-state index is 0.138. The van der Waals surface area contributed by atoms with E-state index in [-0.39, 0.29) is 12.3 Å². The maximum atomic E-state index is 12.2. The van der Waals surface area contributed by atoms with Gasteiger partial charge in [0.25, 0.3) is 0 Å². The van der Waals surface area contributed by atoms with Crippen LogP contribution in [-0.2, 0) is 17.6 Å². The van der Waals surface area contributed by atoms with Crippen LogP contribution in [-0.4, -0.2) is 25.7 Å². The number of nitrogens with one attached hydrogen (secondary N) is 1. The molecular weight excluding hydrogens is 346 g/mol. The maximum absolute atomic E-state index is 12.2. The third kappa shape index (κ3) is 3.88. The fraction of sp³-hybridized carbons (Fsp3) is 0.263. The summed E-state index contributed by atoms with van der Waals surface area (Å²) < 4.78 is 1.84. The molecule has 0 aromatic carbocycles. The number of carbonyl (C=O) groups is 1. The summed E-state index contributed by atoms with van der Waals surface area (Å²) in [5.41, 5.74) is 4.77. The van der Waals surface area contributed by atoms with Gasteiger partial charge >= 0.3 is 0 Å². The number of rotatable bonds is 6. The van der Waals surface area contributed by atoms with Crippen molar-refractivity contribution in [3.8, 4) is 5.13 Å². The zero-order chi connectivity index (χ0) is 18.7. The first-order valence-electron chi connectivity index (χ1n) is 8.32. The summed E-state index contributed by atoms with van der Waals surface area (Å²) in [5.74, 6) is 0.415. The van der Waals surface area contributed by atoms with Crippen molar-refractivity contribution in [3.63, 3.8) is 0 Å². The van der Waals surface area contributed by atoms with Gasteiger partial charge in [0.15, 0.2) is 0 Å². The SMILES string of the molecule is C=CCc1c(C)nn(-c2nc(CC(=O)Nc3cccc(C)n3)cs2)c1C. The van der Waals surface area contributed by atoms with Crippen LogP contribution in [0.1, 0.15) is 28.3 Å². The van der Waals surface area contributed by atoms with Gasteiger partial charge in [0, 0.05) is 22.3 Å². The van der Waals surface area contributed by atoms with Crippen LogP contribution in [0.4, 0.5) is 5.82 Å². The first-order chi connectivity index (χ1) is 12.5. The van der Waals surface area contributed by atoms with Crippen LogP contribution in [0.15, 0.2) is 36.2 Å². The smallest absolute Gasteiger partial charge is 0.231 e. The fourth-order valence-electron chi connectivity index (χ4n) is 2.74. The summed E-state index contributed by atoms with van der Waals surface area (Å²) in [7, 11) is 0. The van der Waals surface area contributed by atoms with Gasteiger partial charge < -0.3 is 5.32 Å². The first-order valence-corrected chi connectivity index (χ1v) is 9.20. The van der Waals surface area contributed by atoms with Crippen molar-refractivity contribution in [2.45, 2.75) is 33.6 Å². The van der Waals surface area contributed by atoms with Gasteiger partial charge in [-0.05, 0) is 39.3 Å². The summed E-state index contributed by atoms with van der Waals surface area (Å²) in [6.07, 6.45) is 2.85. The number of hydrogen-bond acceptors (Lipinski definition) is 5. The van der Waals surface area contributed by atoms with E-state index < -0.39 is 0 Å². The van der Waals surface area contributed by atoms with E-state index in [1.54, 1.807) is 6.07 Å². The van der Waals surface area contributed by atoms with E-state index in [1.165, 1.54) is 16.9 Å². The van der Waals surface area contributed by atoms with Crippen LogP contribution >= 0.6 is 11.3 Å². The van der Waals surface area contributed by atoms with E-state index in [4.69, 9.17) is 0 Å². The highest BCUT2D eigenvalue weighted by molar-refractivity contribution is 7.12. The van der Waals surface area contributed by atoms with E-state index >= 15 is 0 Å². The molecule has 0 atom stereocenters. The van der Waals surface area contributed by atoms with E-state index in [2.05, 4.69) is 27.0 Å². The number of anilines is 1. The molecule has 0 aliphatic rings. The number of thiazole rings is 1. The second-order valence-corrected chi connectivity index (χ2v) is 6.90. The predicted octanol–water partition coefficient (Wildman–Crippen LogP) is 3.56. The van der Waals surface area contributed by atoms with Crippen molar-refractivity contribution in [1.29, 1.82) is 0 Å². The molecule has 0 spiro atoms. The average Bonchev–Trinajstić information content (AvgIpc) is 3.14. The molecule has 3 heterocycles. The lowest BCUT2D eigenvalue weighted by Gasteiger charge is -2.03. The number of aryl methyl sites for hydroxylation is 2. The van der Waals surface area contributed by atoms with Gasteiger partial charge in [0.2, 0.25) is 11.0 Å². The van der Waals surface area contributed by atoms with E-state index in [0.29, 0.717) is 11.5 Å². The molecule has 0 unspecified atom stereocenters. The zero-order valence-electron chi connectivity index (χ0n) is 15.1. The Morgan fingerprint density at radius 3 is 2.85 bits per heavy atom. The predicted molar refractivity (Wildman–Crippen MR) is 104 cm³/mol. The van der Waals surface area contributed by atoms with E-state index in [0.717, 1.165) is 28.6 Å². The van der Waals surface area contributed by atoms with Crippen molar-refractivity contribution < 1.29 is 4.79 Å². The van der Waals surface area contributed by atoms with E-state index in [9.17, 15) is 4.79 Å². The monoisotopic (exact) mass is 367 g/mol. The average molecular weight is 367 g/mol. The van der Waals surface area contributed by atoms with Gasteiger partial charge in [0.05, 0.1) is 17.8 Å². The van der Waals surface area contributed by atoms with Crippen LogP contribution in [0.5, 0.6) is 0 Å². The van der Waals surface area contributed by atoms with Crippen LogP contribution in [0.3, 0.4) is 0 Å². The molecule has 134 valence electrons. The van der Waals surface area contributed by atoms with Crippen molar-refractivity contribution in [2.75, 3.05) is 5.32 Å². The number of nitrogens with zero attached hydrogens (tertiary/aromatic N) is 4. The molecule has 7 heteroatoms. The highest BCUT2D eigenvalue weighted by Gasteiger charge is 2.15. The molecular formula is C19H21N5OS. The van der Waals surface area contributed by atoms with Crippen molar-refractivity contribution >= 4 is 23.1 Å². The number of amides is 1. The summed E-state index contributed by atoms with van der Waals surface area (Å²) in [6.45, 7) is 9.69. The molecule has 3 aromatic heterocycles. The molecule has 26 heavy (non-hydrogen) atoms. The Hall–Kier alpha value is -2.80. The second-order valence-electron chi connectivity index (χ2n) is 6.06. The Labute approximate surface area is 156 Å². The molecule has 0 aliphatic heterocycles. The molecule has 3 aromatic rings. The number of pyridine rings is 1. The summed E-state index contributed by atoms with van der Waals surface area (Å²) in [4.78, 5) is 21.1.